The SMILES string of the molecule is CCC(Cl)N1CCCCC1COc1ccccc1. The molecular weight excluding hydrogens is 246 g/mol. The number of alkyl halides is 1. The summed E-state index contributed by atoms with van der Waals surface area (Å²) in [5.41, 5.74) is 0.148. The summed E-state index contributed by atoms with van der Waals surface area (Å²) in [6, 6.07) is 10.5. The lowest BCUT2D eigenvalue weighted by Crippen LogP contribution is -2.46. The first kappa shape index (κ1) is 13.7. The van der Waals surface area contributed by atoms with Gasteiger partial charge in [0.1, 0.15) is 12.4 Å². The summed E-state index contributed by atoms with van der Waals surface area (Å²) >= 11 is 6.39. The Hall–Kier alpha value is -0.730. The highest BCUT2D eigenvalue weighted by atomic mass is 35.5. The van der Waals surface area contributed by atoms with Crippen LogP contribution in [0.25, 0.3) is 0 Å². The summed E-state index contributed by atoms with van der Waals surface area (Å²) in [5.74, 6) is 0.950. The molecule has 100 valence electrons. The fourth-order valence-corrected chi connectivity index (χ4v) is 2.77. The topological polar surface area (TPSA) is 12.5 Å². The molecule has 0 aliphatic carbocycles. The van der Waals surface area contributed by atoms with Gasteiger partial charge in [0.2, 0.25) is 0 Å². The number of nitrogens with zero attached hydrogens (tertiary/aromatic N) is 1. The molecule has 0 radical (unpaired) electrons. The van der Waals surface area contributed by atoms with Crippen LogP contribution in [0.15, 0.2) is 30.3 Å². The van der Waals surface area contributed by atoms with Crippen LogP contribution in [0.1, 0.15) is 32.6 Å². The van der Waals surface area contributed by atoms with Crippen molar-refractivity contribution in [2.75, 3.05) is 13.2 Å². The molecule has 1 heterocycles. The minimum absolute atomic E-state index is 0.148. The second-order valence-electron chi connectivity index (χ2n) is 4.85. The van der Waals surface area contributed by atoms with E-state index >= 15 is 0 Å². The molecule has 2 nitrogen and oxygen atoms in total. The van der Waals surface area contributed by atoms with Crippen LogP contribution in [0.4, 0.5) is 0 Å². The normalized spacial score (nSPS) is 22.7. The zero-order valence-electron chi connectivity index (χ0n) is 11.0. The predicted molar refractivity (Wildman–Crippen MR) is 76.2 cm³/mol. The summed E-state index contributed by atoms with van der Waals surface area (Å²) in [7, 11) is 0. The van der Waals surface area contributed by atoms with Gasteiger partial charge in [-0.05, 0) is 37.9 Å². The Kier molecular flexibility index (Phi) is 5.33. The quantitative estimate of drug-likeness (QED) is 0.593. The van der Waals surface area contributed by atoms with Crippen molar-refractivity contribution < 1.29 is 4.74 Å². The lowest BCUT2D eigenvalue weighted by atomic mass is 10.0. The number of likely N-dealkylation sites (tertiary alicyclic amines) is 1. The van der Waals surface area contributed by atoms with Crippen molar-refractivity contribution in [3.8, 4) is 5.75 Å². The minimum Gasteiger partial charge on any atom is -0.492 e. The Bertz CT molecular complexity index is 344. The van der Waals surface area contributed by atoms with E-state index in [0.717, 1.165) is 25.3 Å². The standard InChI is InChI=1S/C15H22ClNO/c1-2-15(16)17-11-7-6-8-13(17)12-18-14-9-4-3-5-10-14/h3-5,9-10,13,15H,2,6-8,11-12H2,1H3. The van der Waals surface area contributed by atoms with Crippen LogP contribution in [0.3, 0.4) is 0 Å². The Morgan fingerprint density at radius 2 is 2.11 bits per heavy atom. The highest BCUT2D eigenvalue weighted by Crippen LogP contribution is 2.23. The number of para-hydroxylation sites is 1. The summed E-state index contributed by atoms with van der Waals surface area (Å²) in [6.07, 6.45) is 4.72. The third-order valence-corrected chi connectivity index (χ3v) is 4.11. The molecule has 0 bridgehead atoms. The van der Waals surface area contributed by atoms with E-state index in [0.29, 0.717) is 6.04 Å². The van der Waals surface area contributed by atoms with Gasteiger partial charge in [0.15, 0.2) is 0 Å². The summed E-state index contributed by atoms with van der Waals surface area (Å²) in [6.45, 7) is 3.99. The van der Waals surface area contributed by atoms with Gasteiger partial charge in [-0.15, -0.1) is 11.6 Å². The molecule has 0 aromatic heterocycles. The zero-order valence-corrected chi connectivity index (χ0v) is 11.8. The van der Waals surface area contributed by atoms with E-state index in [1.54, 1.807) is 0 Å². The Labute approximate surface area is 115 Å². The van der Waals surface area contributed by atoms with Gasteiger partial charge < -0.3 is 4.74 Å². The molecule has 2 atom stereocenters. The lowest BCUT2D eigenvalue weighted by Gasteiger charge is -2.38. The van der Waals surface area contributed by atoms with Gasteiger partial charge in [0.05, 0.1) is 5.50 Å². The molecule has 0 spiro atoms. The molecule has 2 unspecified atom stereocenters. The highest BCUT2D eigenvalue weighted by molar-refractivity contribution is 6.20. The van der Waals surface area contributed by atoms with E-state index < -0.39 is 0 Å². The Morgan fingerprint density at radius 1 is 1.33 bits per heavy atom. The van der Waals surface area contributed by atoms with E-state index in [1.165, 1.54) is 19.3 Å². The molecule has 0 amide bonds. The fraction of sp³-hybridized carbons (Fsp3) is 0.600. The fourth-order valence-electron chi connectivity index (χ4n) is 2.51. The Balaban J connectivity index is 1.89. The second-order valence-corrected chi connectivity index (χ2v) is 5.36. The first-order valence-corrected chi connectivity index (χ1v) is 7.32. The van der Waals surface area contributed by atoms with Crippen molar-refractivity contribution in [3.63, 3.8) is 0 Å². The third-order valence-electron chi connectivity index (χ3n) is 3.56. The number of benzene rings is 1. The second kappa shape index (κ2) is 7.01. The van der Waals surface area contributed by atoms with E-state index in [2.05, 4.69) is 11.8 Å². The first-order valence-electron chi connectivity index (χ1n) is 6.89. The number of hydrogen-bond acceptors (Lipinski definition) is 2. The smallest absolute Gasteiger partial charge is 0.119 e. The van der Waals surface area contributed by atoms with Crippen molar-refractivity contribution in [1.82, 2.24) is 4.90 Å². The average Bonchev–Trinajstić information content (AvgIpc) is 2.45. The zero-order chi connectivity index (χ0) is 12.8. The summed E-state index contributed by atoms with van der Waals surface area (Å²) < 4.78 is 5.87. The monoisotopic (exact) mass is 267 g/mol. The largest absolute Gasteiger partial charge is 0.492 e. The molecular formula is C15H22ClNO. The van der Waals surface area contributed by atoms with E-state index in [-0.39, 0.29) is 5.50 Å². The number of hydrogen-bond donors (Lipinski definition) is 0. The maximum atomic E-state index is 6.39. The number of halogens is 1. The van der Waals surface area contributed by atoms with Crippen molar-refractivity contribution in [1.29, 1.82) is 0 Å². The molecule has 1 saturated heterocycles. The van der Waals surface area contributed by atoms with Gasteiger partial charge in [0, 0.05) is 6.04 Å². The summed E-state index contributed by atoms with van der Waals surface area (Å²) in [5, 5.41) is 0. The number of piperidine rings is 1. The van der Waals surface area contributed by atoms with Gasteiger partial charge in [-0.25, -0.2) is 0 Å². The highest BCUT2D eigenvalue weighted by Gasteiger charge is 2.27. The van der Waals surface area contributed by atoms with Crippen LogP contribution in [-0.4, -0.2) is 29.6 Å². The van der Waals surface area contributed by atoms with Crippen LogP contribution in [0, 0.1) is 0 Å². The molecule has 18 heavy (non-hydrogen) atoms. The van der Waals surface area contributed by atoms with Crippen LogP contribution in [0.2, 0.25) is 0 Å². The van der Waals surface area contributed by atoms with Gasteiger partial charge in [-0.3, -0.25) is 4.90 Å². The van der Waals surface area contributed by atoms with E-state index in [1.807, 2.05) is 30.3 Å². The van der Waals surface area contributed by atoms with Gasteiger partial charge in [-0.2, -0.15) is 0 Å². The van der Waals surface area contributed by atoms with Crippen molar-refractivity contribution >= 4 is 11.6 Å². The maximum Gasteiger partial charge on any atom is 0.119 e. The van der Waals surface area contributed by atoms with Gasteiger partial charge in [-0.1, -0.05) is 31.5 Å². The third kappa shape index (κ3) is 3.63. The maximum absolute atomic E-state index is 6.39. The van der Waals surface area contributed by atoms with E-state index in [9.17, 15) is 0 Å². The molecule has 3 heteroatoms. The molecule has 0 N–H and O–H groups in total. The van der Waals surface area contributed by atoms with Crippen LogP contribution >= 0.6 is 11.6 Å². The summed E-state index contributed by atoms with van der Waals surface area (Å²) in [4.78, 5) is 2.40. The Morgan fingerprint density at radius 3 is 2.83 bits per heavy atom. The molecule has 1 aliphatic heterocycles. The average molecular weight is 268 g/mol. The van der Waals surface area contributed by atoms with Gasteiger partial charge >= 0.3 is 0 Å². The van der Waals surface area contributed by atoms with Crippen molar-refractivity contribution in [3.05, 3.63) is 30.3 Å². The van der Waals surface area contributed by atoms with E-state index in [4.69, 9.17) is 16.3 Å². The molecule has 1 aliphatic rings. The first-order chi connectivity index (χ1) is 8.81. The van der Waals surface area contributed by atoms with Crippen LogP contribution in [-0.2, 0) is 0 Å². The number of rotatable bonds is 5. The molecule has 1 aromatic rings. The lowest BCUT2D eigenvalue weighted by molar-refractivity contribution is 0.0863. The predicted octanol–water partition coefficient (Wildman–Crippen LogP) is 3.89. The number of ether oxygens (including phenoxy) is 1. The molecule has 1 aromatic carbocycles. The molecule has 2 rings (SSSR count). The van der Waals surface area contributed by atoms with Crippen molar-refractivity contribution in [2.24, 2.45) is 0 Å². The van der Waals surface area contributed by atoms with Crippen LogP contribution in [0.5, 0.6) is 5.75 Å². The van der Waals surface area contributed by atoms with Crippen LogP contribution < -0.4 is 4.74 Å². The van der Waals surface area contributed by atoms with Gasteiger partial charge in [0.25, 0.3) is 0 Å². The molecule has 1 fully saturated rings. The minimum atomic E-state index is 0.148. The molecule has 0 saturated carbocycles. The van der Waals surface area contributed by atoms with Crippen molar-refractivity contribution in [2.45, 2.75) is 44.1 Å².